The Morgan fingerprint density at radius 1 is 0.323 bits per heavy atom. The molecule has 0 saturated heterocycles. The summed E-state index contributed by atoms with van der Waals surface area (Å²) in [5.74, 6) is 0. The molecule has 0 unspecified atom stereocenters. The van der Waals surface area contributed by atoms with E-state index in [2.05, 4.69) is 242 Å². The zero-order chi connectivity index (χ0) is 43.4. The molecule has 0 atom stereocenters. The second-order valence-corrected chi connectivity index (χ2v) is 16.4. The normalized spacial score (nSPS) is 11.0. The minimum absolute atomic E-state index is 0.485. The molecular weight excluding hydrogens is 823 g/mol. The SMILES string of the molecule is Cc1ccc(N(c2ccc(C)cc2)c2ccc(/C=C/c3ccc(B(O)O)cc3)cc2)cc1.Cc1ccc(N(c2ccc(C)cc2)c2ccc(/C=C/c3ccc(Br)cc3)cc2)cc1. The highest BCUT2D eigenvalue weighted by atomic mass is 79.9. The van der Waals surface area contributed by atoms with Gasteiger partial charge >= 0.3 is 7.12 Å². The van der Waals surface area contributed by atoms with Crippen molar-refractivity contribution in [3.63, 3.8) is 0 Å². The minimum Gasteiger partial charge on any atom is -0.423 e. The quantitative estimate of drug-likeness (QED) is 0.100. The summed E-state index contributed by atoms with van der Waals surface area (Å²) in [5.41, 5.74) is 16.7. The van der Waals surface area contributed by atoms with Crippen molar-refractivity contribution in [3.05, 3.63) is 243 Å². The van der Waals surface area contributed by atoms with Crippen molar-refractivity contribution >= 4 is 86.9 Å². The lowest BCUT2D eigenvalue weighted by Gasteiger charge is -2.25. The molecule has 306 valence electrons. The van der Waals surface area contributed by atoms with E-state index in [0.717, 1.165) is 49.7 Å². The number of hydrogen-bond donors (Lipinski definition) is 2. The van der Waals surface area contributed by atoms with Crippen LogP contribution in [0.2, 0.25) is 0 Å². The van der Waals surface area contributed by atoms with E-state index in [9.17, 15) is 10.0 Å². The maximum Gasteiger partial charge on any atom is 0.488 e. The number of nitrogens with zero attached hydrogens (tertiary/aromatic N) is 2. The van der Waals surface area contributed by atoms with Gasteiger partial charge in [-0.15, -0.1) is 0 Å². The molecule has 0 heterocycles. The predicted octanol–water partition coefficient (Wildman–Crippen LogP) is 14.3. The van der Waals surface area contributed by atoms with E-state index >= 15 is 0 Å². The number of benzene rings is 8. The van der Waals surface area contributed by atoms with Gasteiger partial charge in [-0.3, -0.25) is 0 Å². The van der Waals surface area contributed by atoms with E-state index in [4.69, 9.17) is 0 Å². The summed E-state index contributed by atoms with van der Waals surface area (Å²) < 4.78 is 1.09. The first kappa shape index (κ1) is 43.4. The summed E-state index contributed by atoms with van der Waals surface area (Å²) in [6.07, 6.45) is 8.35. The Hall–Kier alpha value is -6.70. The van der Waals surface area contributed by atoms with Crippen molar-refractivity contribution in [3.8, 4) is 0 Å². The molecule has 0 saturated carbocycles. The van der Waals surface area contributed by atoms with Crippen LogP contribution in [0.1, 0.15) is 44.5 Å². The molecule has 8 aromatic carbocycles. The predicted molar refractivity (Wildman–Crippen MR) is 269 cm³/mol. The lowest BCUT2D eigenvalue weighted by atomic mass is 9.80. The van der Waals surface area contributed by atoms with Gasteiger partial charge in [-0.2, -0.15) is 0 Å². The summed E-state index contributed by atoms with van der Waals surface area (Å²) in [4.78, 5) is 4.55. The van der Waals surface area contributed by atoms with E-state index in [1.807, 2.05) is 18.2 Å². The third-order valence-corrected chi connectivity index (χ3v) is 11.0. The Balaban J connectivity index is 0.000000187. The Morgan fingerprint density at radius 2 is 0.532 bits per heavy atom. The molecule has 0 aliphatic heterocycles. The molecule has 6 heteroatoms. The lowest BCUT2D eigenvalue weighted by molar-refractivity contribution is 0.426. The van der Waals surface area contributed by atoms with E-state index in [1.165, 1.54) is 33.4 Å². The van der Waals surface area contributed by atoms with Crippen LogP contribution in [0.15, 0.2) is 199 Å². The number of rotatable bonds is 11. The van der Waals surface area contributed by atoms with Gasteiger partial charge in [-0.25, -0.2) is 0 Å². The van der Waals surface area contributed by atoms with Gasteiger partial charge in [0.15, 0.2) is 0 Å². The summed E-state index contributed by atoms with van der Waals surface area (Å²) in [6.45, 7) is 8.43. The van der Waals surface area contributed by atoms with Crippen LogP contribution in [0.4, 0.5) is 34.1 Å². The fraction of sp³-hybridized carbons (Fsp3) is 0.0714. The number of halogens is 1. The molecule has 0 aliphatic carbocycles. The van der Waals surface area contributed by atoms with Crippen molar-refractivity contribution < 1.29 is 10.0 Å². The van der Waals surface area contributed by atoms with Crippen molar-refractivity contribution in [2.45, 2.75) is 27.7 Å². The Kier molecular flexibility index (Phi) is 14.5. The molecule has 0 radical (unpaired) electrons. The van der Waals surface area contributed by atoms with Gasteiger partial charge in [-0.1, -0.05) is 172 Å². The van der Waals surface area contributed by atoms with Crippen LogP contribution in [-0.2, 0) is 0 Å². The zero-order valence-electron chi connectivity index (χ0n) is 35.5. The molecule has 0 bridgehead atoms. The zero-order valence-corrected chi connectivity index (χ0v) is 37.1. The lowest BCUT2D eigenvalue weighted by Crippen LogP contribution is -2.29. The summed E-state index contributed by atoms with van der Waals surface area (Å²) >= 11 is 3.48. The summed E-state index contributed by atoms with van der Waals surface area (Å²) in [5, 5.41) is 18.4. The largest absolute Gasteiger partial charge is 0.488 e. The molecule has 0 amide bonds. The van der Waals surface area contributed by atoms with E-state index in [1.54, 1.807) is 12.1 Å². The van der Waals surface area contributed by atoms with Crippen LogP contribution in [0.3, 0.4) is 0 Å². The number of aryl methyl sites for hydroxylation is 4. The van der Waals surface area contributed by atoms with Crippen molar-refractivity contribution in [2.24, 2.45) is 0 Å². The highest BCUT2D eigenvalue weighted by Gasteiger charge is 2.14. The molecule has 62 heavy (non-hydrogen) atoms. The van der Waals surface area contributed by atoms with Gasteiger partial charge < -0.3 is 19.8 Å². The highest BCUT2D eigenvalue weighted by Crippen LogP contribution is 2.36. The second-order valence-electron chi connectivity index (χ2n) is 15.5. The Labute approximate surface area is 375 Å². The van der Waals surface area contributed by atoms with E-state index in [-0.39, 0.29) is 0 Å². The van der Waals surface area contributed by atoms with Crippen LogP contribution in [0.5, 0.6) is 0 Å². The Bertz CT molecular complexity index is 2600. The fourth-order valence-electron chi connectivity index (χ4n) is 6.88. The molecule has 8 aromatic rings. The third-order valence-electron chi connectivity index (χ3n) is 10.5. The maximum absolute atomic E-state index is 9.22. The van der Waals surface area contributed by atoms with Gasteiger partial charge in [0.25, 0.3) is 0 Å². The van der Waals surface area contributed by atoms with Gasteiger partial charge in [0.2, 0.25) is 0 Å². The topological polar surface area (TPSA) is 46.9 Å². The van der Waals surface area contributed by atoms with Gasteiger partial charge in [0, 0.05) is 38.6 Å². The standard InChI is InChI=1S/C28H26BNO2.C28H24BrN/c1-21-3-15-26(16-4-21)30(27-17-5-22(2)6-18-27)28-19-11-24(12-20-28)8-7-23-9-13-25(14-10-23)29(31)32;1-21-3-15-26(16-4-21)30(27-17-5-22(2)6-18-27)28-19-11-24(12-20-28)8-7-23-9-13-25(29)14-10-23/h3-20,31-32H,1-2H3;3-20H,1-2H3/b2*8-7+. The van der Waals surface area contributed by atoms with Crippen molar-refractivity contribution in [1.82, 2.24) is 0 Å². The maximum atomic E-state index is 9.22. The summed E-state index contributed by atoms with van der Waals surface area (Å²) in [6, 6.07) is 67.1. The fourth-order valence-corrected chi connectivity index (χ4v) is 7.14. The first-order valence-electron chi connectivity index (χ1n) is 20.7. The molecule has 0 fully saturated rings. The van der Waals surface area contributed by atoms with E-state index in [0.29, 0.717) is 5.46 Å². The van der Waals surface area contributed by atoms with Crippen LogP contribution in [0.25, 0.3) is 24.3 Å². The van der Waals surface area contributed by atoms with Crippen molar-refractivity contribution in [1.29, 1.82) is 0 Å². The highest BCUT2D eigenvalue weighted by molar-refractivity contribution is 9.10. The van der Waals surface area contributed by atoms with Crippen LogP contribution < -0.4 is 15.3 Å². The second kappa shape index (κ2) is 20.7. The molecule has 0 aliphatic rings. The monoisotopic (exact) mass is 872 g/mol. The first-order valence-corrected chi connectivity index (χ1v) is 21.5. The molecule has 4 nitrogen and oxygen atoms in total. The molecule has 0 spiro atoms. The van der Waals surface area contributed by atoms with Crippen LogP contribution >= 0.6 is 15.9 Å². The van der Waals surface area contributed by atoms with Gasteiger partial charge in [-0.05, 0) is 140 Å². The number of hydrogen-bond acceptors (Lipinski definition) is 4. The van der Waals surface area contributed by atoms with Crippen LogP contribution in [0, 0.1) is 27.7 Å². The smallest absolute Gasteiger partial charge is 0.423 e. The molecule has 8 rings (SSSR count). The van der Waals surface area contributed by atoms with Crippen LogP contribution in [-0.4, -0.2) is 17.2 Å². The molecule has 2 N–H and O–H groups in total. The summed E-state index contributed by atoms with van der Waals surface area (Å²) in [7, 11) is -1.44. The molecule has 0 aromatic heterocycles. The van der Waals surface area contributed by atoms with E-state index < -0.39 is 7.12 Å². The first-order chi connectivity index (χ1) is 30.1. The Morgan fingerprint density at radius 3 is 0.774 bits per heavy atom. The minimum atomic E-state index is -1.44. The van der Waals surface area contributed by atoms with Gasteiger partial charge in [0.1, 0.15) is 0 Å². The average Bonchev–Trinajstić information content (AvgIpc) is 3.29. The van der Waals surface area contributed by atoms with Crippen molar-refractivity contribution in [2.75, 3.05) is 9.80 Å². The molecular formula is C56H50BBrN2O2. The van der Waals surface area contributed by atoms with Gasteiger partial charge in [0.05, 0.1) is 0 Å². The average molecular weight is 874 g/mol. The number of anilines is 6. The third kappa shape index (κ3) is 11.8.